The highest BCUT2D eigenvalue weighted by molar-refractivity contribution is 9.12. The van der Waals surface area contributed by atoms with Crippen LogP contribution in [0.1, 0.15) is 30.6 Å². The van der Waals surface area contributed by atoms with E-state index in [-0.39, 0.29) is 11.9 Å². The molecule has 16 heavy (non-hydrogen) atoms. The summed E-state index contributed by atoms with van der Waals surface area (Å²) in [6.45, 7) is 4.07. The maximum atomic E-state index is 11.9. The first kappa shape index (κ1) is 14.7. The van der Waals surface area contributed by atoms with E-state index in [0.29, 0.717) is 10.4 Å². The minimum atomic E-state index is -0.0329. The molecular formula is C10H12Br3NOS. The summed E-state index contributed by atoms with van der Waals surface area (Å²) in [5, 5.41) is 2.97. The van der Waals surface area contributed by atoms with Crippen LogP contribution >= 0.6 is 59.1 Å². The van der Waals surface area contributed by atoms with E-state index in [0.717, 1.165) is 14.0 Å². The quantitative estimate of drug-likeness (QED) is 0.692. The van der Waals surface area contributed by atoms with E-state index in [1.165, 1.54) is 11.3 Å². The zero-order chi connectivity index (χ0) is 12.3. The molecule has 2 unspecified atom stereocenters. The lowest BCUT2D eigenvalue weighted by Gasteiger charge is -2.14. The maximum absolute atomic E-state index is 11.9. The number of hydrogen-bond donors (Lipinski definition) is 1. The van der Waals surface area contributed by atoms with E-state index in [1.54, 1.807) is 0 Å². The number of carbonyl (C=O) groups excluding carboxylic acids is 1. The fourth-order valence-electron chi connectivity index (χ4n) is 1.34. The molecule has 90 valence electrons. The van der Waals surface area contributed by atoms with Gasteiger partial charge in [0.1, 0.15) is 0 Å². The van der Waals surface area contributed by atoms with Crippen LogP contribution in [0.15, 0.2) is 13.6 Å². The van der Waals surface area contributed by atoms with Crippen LogP contribution in [0.25, 0.3) is 0 Å². The molecule has 0 saturated carbocycles. The molecule has 0 aliphatic carbocycles. The van der Waals surface area contributed by atoms with Gasteiger partial charge in [0.2, 0.25) is 0 Å². The van der Waals surface area contributed by atoms with Crippen molar-refractivity contribution in [2.75, 3.05) is 0 Å². The Balaban J connectivity index is 2.62. The van der Waals surface area contributed by atoms with E-state index in [1.807, 2.05) is 13.0 Å². The van der Waals surface area contributed by atoms with Crippen LogP contribution in [0.5, 0.6) is 0 Å². The van der Waals surface area contributed by atoms with Crippen molar-refractivity contribution in [1.82, 2.24) is 5.32 Å². The Morgan fingerprint density at radius 3 is 2.56 bits per heavy atom. The normalized spacial score (nSPS) is 14.6. The molecule has 0 aliphatic heterocycles. The second-order valence-corrected chi connectivity index (χ2v) is 8.94. The van der Waals surface area contributed by atoms with Crippen molar-refractivity contribution in [3.05, 3.63) is 19.2 Å². The highest BCUT2D eigenvalue weighted by Crippen LogP contribution is 2.31. The summed E-state index contributed by atoms with van der Waals surface area (Å²) in [7, 11) is 0. The Labute approximate surface area is 125 Å². The number of thiophene rings is 1. The first-order chi connectivity index (χ1) is 7.40. The predicted molar refractivity (Wildman–Crippen MR) is 79.7 cm³/mol. The maximum Gasteiger partial charge on any atom is 0.253 e. The van der Waals surface area contributed by atoms with Gasteiger partial charge >= 0.3 is 0 Å². The molecule has 2 nitrogen and oxygen atoms in total. The molecule has 0 aliphatic rings. The zero-order valence-corrected chi connectivity index (χ0v) is 14.5. The smallest absolute Gasteiger partial charge is 0.253 e. The fraction of sp³-hybridized carbons (Fsp3) is 0.500. The van der Waals surface area contributed by atoms with Crippen LogP contribution in [0.3, 0.4) is 0 Å². The van der Waals surface area contributed by atoms with E-state index in [4.69, 9.17) is 0 Å². The lowest BCUT2D eigenvalue weighted by Crippen LogP contribution is -2.33. The van der Waals surface area contributed by atoms with Gasteiger partial charge in [-0.1, -0.05) is 22.9 Å². The summed E-state index contributed by atoms with van der Waals surface area (Å²) in [5.41, 5.74) is 0.686. The molecule has 2 atom stereocenters. The second-order valence-electron chi connectivity index (χ2n) is 3.63. The Kier molecular flexibility index (Phi) is 5.98. The minimum Gasteiger partial charge on any atom is -0.349 e. The molecule has 1 N–H and O–H groups in total. The van der Waals surface area contributed by atoms with Crippen molar-refractivity contribution in [3.8, 4) is 0 Å². The van der Waals surface area contributed by atoms with Gasteiger partial charge in [-0.3, -0.25) is 4.79 Å². The lowest BCUT2D eigenvalue weighted by atomic mass is 10.2. The largest absolute Gasteiger partial charge is 0.349 e. The SMILES string of the molecule is CC(Br)CC(C)NC(=O)c1cc(Br)sc1Br. The van der Waals surface area contributed by atoms with Gasteiger partial charge in [0, 0.05) is 10.9 Å². The van der Waals surface area contributed by atoms with E-state index >= 15 is 0 Å². The molecule has 6 heteroatoms. The van der Waals surface area contributed by atoms with Crippen LogP contribution in [-0.4, -0.2) is 16.8 Å². The highest BCUT2D eigenvalue weighted by atomic mass is 79.9. The monoisotopic (exact) mass is 431 g/mol. The van der Waals surface area contributed by atoms with Gasteiger partial charge in [0.25, 0.3) is 5.91 Å². The summed E-state index contributed by atoms with van der Waals surface area (Å²) < 4.78 is 1.81. The standard InChI is InChI=1S/C10H12Br3NOS/c1-5(11)3-6(2)14-10(15)7-4-8(12)16-9(7)13/h4-6H,3H2,1-2H3,(H,14,15). The van der Waals surface area contributed by atoms with Crippen molar-refractivity contribution < 1.29 is 4.79 Å². The third-order valence-corrected chi connectivity index (χ3v) is 4.67. The minimum absolute atomic E-state index is 0.0329. The van der Waals surface area contributed by atoms with Gasteiger partial charge in [-0.15, -0.1) is 11.3 Å². The van der Waals surface area contributed by atoms with E-state index < -0.39 is 0 Å². The number of alkyl halides is 1. The van der Waals surface area contributed by atoms with Crippen molar-refractivity contribution in [1.29, 1.82) is 0 Å². The fourth-order valence-corrected chi connectivity index (χ4v) is 4.70. The summed E-state index contributed by atoms with van der Waals surface area (Å²) in [6, 6.07) is 1.99. The number of nitrogens with one attached hydrogen (secondary N) is 1. The van der Waals surface area contributed by atoms with Crippen molar-refractivity contribution in [2.24, 2.45) is 0 Å². The zero-order valence-electron chi connectivity index (χ0n) is 8.89. The van der Waals surface area contributed by atoms with Gasteiger partial charge in [-0.25, -0.2) is 0 Å². The van der Waals surface area contributed by atoms with Crippen LogP contribution in [0, 0.1) is 0 Å². The molecular weight excluding hydrogens is 422 g/mol. The summed E-state index contributed by atoms with van der Waals surface area (Å²) in [6.07, 6.45) is 0.911. The topological polar surface area (TPSA) is 29.1 Å². The Bertz CT molecular complexity index is 378. The molecule has 1 rings (SSSR count). The van der Waals surface area contributed by atoms with Gasteiger partial charge in [-0.05, 0) is 51.3 Å². The number of rotatable bonds is 4. The first-order valence-electron chi connectivity index (χ1n) is 4.80. The molecule has 0 saturated heterocycles. The number of carbonyl (C=O) groups is 1. The van der Waals surface area contributed by atoms with Crippen molar-refractivity contribution in [2.45, 2.75) is 31.1 Å². The van der Waals surface area contributed by atoms with Crippen molar-refractivity contribution in [3.63, 3.8) is 0 Å². The van der Waals surface area contributed by atoms with Crippen LogP contribution in [0.2, 0.25) is 0 Å². The van der Waals surface area contributed by atoms with Crippen LogP contribution in [-0.2, 0) is 0 Å². The Morgan fingerprint density at radius 1 is 1.50 bits per heavy atom. The first-order valence-corrected chi connectivity index (χ1v) is 8.11. The molecule has 1 amide bonds. The molecule has 1 aromatic heterocycles. The highest BCUT2D eigenvalue weighted by Gasteiger charge is 2.16. The summed E-state index contributed by atoms with van der Waals surface area (Å²) in [5.74, 6) is -0.0329. The average Bonchev–Trinajstić information content (AvgIpc) is 2.43. The summed E-state index contributed by atoms with van der Waals surface area (Å²) >= 11 is 11.7. The van der Waals surface area contributed by atoms with Gasteiger partial charge in [-0.2, -0.15) is 0 Å². The Hall–Kier alpha value is 0.610. The number of hydrogen-bond acceptors (Lipinski definition) is 2. The average molecular weight is 434 g/mol. The molecule has 0 aromatic carbocycles. The molecule has 1 heterocycles. The third kappa shape index (κ3) is 4.47. The molecule has 0 spiro atoms. The van der Waals surface area contributed by atoms with E-state index in [2.05, 4.69) is 60.0 Å². The van der Waals surface area contributed by atoms with Gasteiger partial charge in [0.15, 0.2) is 0 Å². The van der Waals surface area contributed by atoms with E-state index in [9.17, 15) is 4.79 Å². The number of halogens is 3. The third-order valence-electron chi connectivity index (χ3n) is 1.96. The van der Waals surface area contributed by atoms with Crippen molar-refractivity contribution >= 4 is 65.0 Å². The molecule has 0 bridgehead atoms. The molecule has 1 aromatic rings. The Morgan fingerprint density at radius 2 is 2.12 bits per heavy atom. The van der Waals surface area contributed by atoms with Crippen LogP contribution in [0.4, 0.5) is 0 Å². The van der Waals surface area contributed by atoms with Crippen LogP contribution < -0.4 is 5.32 Å². The summed E-state index contributed by atoms with van der Waals surface area (Å²) in [4.78, 5) is 12.3. The number of amides is 1. The van der Waals surface area contributed by atoms with Gasteiger partial charge in [0.05, 0.1) is 13.1 Å². The van der Waals surface area contributed by atoms with Gasteiger partial charge < -0.3 is 5.32 Å². The molecule has 0 fully saturated rings. The lowest BCUT2D eigenvalue weighted by molar-refractivity contribution is 0.0938. The predicted octanol–water partition coefficient (Wildman–Crippen LogP) is 4.56. The molecule has 0 radical (unpaired) electrons. The second kappa shape index (κ2) is 6.52.